The molecule has 0 aliphatic carbocycles. The molecule has 0 amide bonds. The molecule has 2 aromatic rings. The SMILES string of the molecule is COC(=O)[C@H](C)[C@@H](Sc1ccccc1[N+](=O)[O-])c1ccc(OC)cc1. The molecular weight excluding hydrogens is 342 g/mol. The van der Waals surface area contributed by atoms with Gasteiger partial charge in [0.25, 0.3) is 5.69 Å². The monoisotopic (exact) mass is 361 g/mol. The van der Waals surface area contributed by atoms with Crippen LogP contribution in [0.15, 0.2) is 53.4 Å². The van der Waals surface area contributed by atoms with E-state index in [1.165, 1.54) is 24.9 Å². The van der Waals surface area contributed by atoms with Gasteiger partial charge >= 0.3 is 5.97 Å². The fourth-order valence-electron chi connectivity index (χ4n) is 2.41. The third-order valence-electron chi connectivity index (χ3n) is 3.79. The summed E-state index contributed by atoms with van der Waals surface area (Å²) in [4.78, 5) is 23.4. The molecule has 0 aliphatic heterocycles. The maximum Gasteiger partial charge on any atom is 0.309 e. The minimum absolute atomic E-state index is 0.0167. The van der Waals surface area contributed by atoms with Crippen molar-refractivity contribution in [2.24, 2.45) is 5.92 Å². The predicted molar refractivity (Wildman–Crippen MR) is 95.9 cm³/mol. The minimum atomic E-state index is -0.483. The highest BCUT2D eigenvalue weighted by molar-refractivity contribution is 7.99. The number of esters is 1. The molecule has 0 N–H and O–H groups in total. The zero-order valence-corrected chi connectivity index (χ0v) is 15.0. The van der Waals surface area contributed by atoms with Crippen LogP contribution >= 0.6 is 11.8 Å². The maximum absolute atomic E-state index is 12.1. The Kier molecular flexibility index (Phi) is 6.41. The van der Waals surface area contributed by atoms with Crippen LogP contribution in [-0.4, -0.2) is 25.1 Å². The molecule has 2 aromatic carbocycles. The smallest absolute Gasteiger partial charge is 0.309 e. The Morgan fingerprint density at radius 3 is 2.32 bits per heavy atom. The molecule has 0 spiro atoms. The average Bonchev–Trinajstić information content (AvgIpc) is 2.65. The van der Waals surface area contributed by atoms with Gasteiger partial charge in [0.1, 0.15) is 5.75 Å². The van der Waals surface area contributed by atoms with E-state index in [1.807, 2.05) is 12.1 Å². The van der Waals surface area contributed by atoms with E-state index in [-0.39, 0.29) is 16.9 Å². The average molecular weight is 361 g/mol. The van der Waals surface area contributed by atoms with E-state index in [9.17, 15) is 14.9 Å². The standard InChI is InChI=1S/C18H19NO5S/c1-12(18(20)24-3)17(13-8-10-14(23-2)11-9-13)25-16-7-5-4-6-15(16)19(21)22/h4-12,17H,1-3H3/t12-,17-/m1/s1. The third-order valence-corrected chi connectivity index (χ3v) is 5.32. The zero-order chi connectivity index (χ0) is 18.4. The van der Waals surface area contributed by atoms with Gasteiger partial charge in [-0.25, -0.2) is 0 Å². The maximum atomic E-state index is 12.1. The summed E-state index contributed by atoms with van der Waals surface area (Å²) in [6.07, 6.45) is 0. The third kappa shape index (κ3) is 4.51. The van der Waals surface area contributed by atoms with Crippen molar-refractivity contribution < 1.29 is 19.2 Å². The largest absolute Gasteiger partial charge is 0.497 e. The topological polar surface area (TPSA) is 78.7 Å². The van der Waals surface area contributed by atoms with Crippen molar-refractivity contribution in [1.29, 1.82) is 0 Å². The van der Waals surface area contributed by atoms with Gasteiger partial charge in [0.2, 0.25) is 0 Å². The van der Waals surface area contributed by atoms with Gasteiger partial charge in [0, 0.05) is 11.3 Å². The summed E-state index contributed by atoms with van der Waals surface area (Å²) in [5, 5.41) is 10.9. The molecule has 6 nitrogen and oxygen atoms in total. The Morgan fingerprint density at radius 2 is 1.76 bits per heavy atom. The summed E-state index contributed by atoms with van der Waals surface area (Å²) in [7, 11) is 2.91. The summed E-state index contributed by atoms with van der Waals surface area (Å²) in [5.41, 5.74) is 0.880. The van der Waals surface area contributed by atoms with Gasteiger partial charge in [-0.2, -0.15) is 0 Å². The number of carbonyl (C=O) groups is 1. The lowest BCUT2D eigenvalue weighted by atomic mass is 10.0. The van der Waals surface area contributed by atoms with Gasteiger partial charge in [-0.05, 0) is 23.8 Å². The highest BCUT2D eigenvalue weighted by Gasteiger charge is 2.29. The molecule has 0 saturated heterocycles. The normalized spacial score (nSPS) is 12.9. The fourth-order valence-corrected chi connectivity index (χ4v) is 3.71. The number of methoxy groups -OCH3 is 2. The molecule has 0 heterocycles. The molecule has 2 rings (SSSR count). The Bertz CT molecular complexity index is 747. The summed E-state index contributed by atoms with van der Waals surface area (Å²) in [5.74, 6) is -0.154. The zero-order valence-electron chi connectivity index (χ0n) is 14.2. The molecular formula is C18H19NO5S. The van der Waals surface area contributed by atoms with Crippen LogP contribution in [0.3, 0.4) is 0 Å². The van der Waals surface area contributed by atoms with Crippen LogP contribution in [0, 0.1) is 16.0 Å². The second-order valence-corrected chi connectivity index (χ2v) is 6.53. The first kappa shape index (κ1) is 18.8. The number of para-hydroxylation sites is 1. The quantitative estimate of drug-likeness (QED) is 0.317. The van der Waals surface area contributed by atoms with E-state index in [4.69, 9.17) is 9.47 Å². The summed E-state index contributed by atoms with van der Waals surface area (Å²) >= 11 is 1.28. The number of nitro groups is 1. The Morgan fingerprint density at radius 1 is 1.12 bits per heavy atom. The molecule has 0 fully saturated rings. The number of carbonyl (C=O) groups excluding carboxylic acids is 1. The minimum Gasteiger partial charge on any atom is -0.497 e. The molecule has 2 atom stereocenters. The number of thioether (sulfide) groups is 1. The van der Waals surface area contributed by atoms with Crippen LogP contribution < -0.4 is 4.74 Å². The van der Waals surface area contributed by atoms with Crippen molar-refractivity contribution in [2.45, 2.75) is 17.1 Å². The first-order valence-corrected chi connectivity index (χ1v) is 8.47. The molecule has 0 unspecified atom stereocenters. The van der Waals surface area contributed by atoms with Crippen molar-refractivity contribution in [3.05, 3.63) is 64.2 Å². The van der Waals surface area contributed by atoms with Gasteiger partial charge < -0.3 is 9.47 Å². The van der Waals surface area contributed by atoms with Crippen LogP contribution in [0.1, 0.15) is 17.7 Å². The molecule has 132 valence electrons. The molecule has 0 bridgehead atoms. The lowest BCUT2D eigenvalue weighted by Gasteiger charge is -2.22. The van der Waals surface area contributed by atoms with Crippen molar-refractivity contribution in [3.63, 3.8) is 0 Å². The highest BCUT2D eigenvalue weighted by Crippen LogP contribution is 2.44. The second-order valence-electron chi connectivity index (χ2n) is 5.35. The molecule has 7 heteroatoms. The van der Waals surface area contributed by atoms with Crippen LogP contribution in [-0.2, 0) is 9.53 Å². The molecule has 0 aliphatic rings. The van der Waals surface area contributed by atoms with Crippen molar-refractivity contribution in [3.8, 4) is 5.75 Å². The van der Waals surface area contributed by atoms with Crippen molar-refractivity contribution in [2.75, 3.05) is 14.2 Å². The van der Waals surface area contributed by atoms with Gasteiger partial charge in [-0.15, -0.1) is 11.8 Å². The van der Waals surface area contributed by atoms with Gasteiger partial charge in [-0.3, -0.25) is 14.9 Å². The van der Waals surface area contributed by atoms with Crippen LogP contribution in [0.25, 0.3) is 0 Å². The summed E-state index contributed by atoms with van der Waals surface area (Å²) in [6.45, 7) is 1.75. The fraction of sp³-hybridized carbons (Fsp3) is 0.278. The van der Waals surface area contributed by atoms with E-state index >= 15 is 0 Å². The Labute approximate surface area is 150 Å². The molecule has 0 saturated carbocycles. The van der Waals surface area contributed by atoms with E-state index < -0.39 is 10.8 Å². The van der Waals surface area contributed by atoms with E-state index in [0.717, 1.165) is 5.56 Å². The van der Waals surface area contributed by atoms with E-state index in [0.29, 0.717) is 10.6 Å². The first-order valence-electron chi connectivity index (χ1n) is 7.59. The number of benzene rings is 2. The van der Waals surface area contributed by atoms with E-state index in [1.54, 1.807) is 44.4 Å². The number of nitrogens with zero attached hydrogens (tertiary/aromatic N) is 1. The number of nitro benzene ring substituents is 1. The van der Waals surface area contributed by atoms with Crippen molar-refractivity contribution in [1.82, 2.24) is 0 Å². The lowest BCUT2D eigenvalue weighted by Crippen LogP contribution is -2.19. The number of hydrogen-bond acceptors (Lipinski definition) is 6. The Hall–Kier alpha value is -2.54. The van der Waals surface area contributed by atoms with Crippen LogP contribution in [0.4, 0.5) is 5.69 Å². The van der Waals surface area contributed by atoms with Gasteiger partial charge in [0.15, 0.2) is 0 Å². The predicted octanol–water partition coefficient (Wildman–Crippen LogP) is 4.25. The van der Waals surface area contributed by atoms with E-state index in [2.05, 4.69) is 0 Å². The molecule has 25 heavy (non-hydrogen) atoms. The van der Waals surface area contributed by atoms with Crippen LogP contribution in [0.2, 0.25) is 0 Å². The van der Waals surface area contributed by atoms with Crippen molar-refractivity contribution >= 4 is 23.4 Å². The Balaban J connectivity index is 2.41. The summed E-state index contributed by atoms with van der Waals surface area (Å²) in [6, 6.07) is 13.8. The van der Waals surface area contributed by atoms with Gasteiger partial charge in [0.05, 0.1) is 30.0 Å². The molecule has 0 aromatic heterocycles. The molecule has 0 radical (unpaired) electrons. The highest BCUT2D eigenvalue weighted by atomic mass is 32.2. The number of ether oxygens (including phenoxy) is 2. The summed E-state index contributed by atoms with van der Waals surface area (Å²) < 4.78 is 10.0. The van der Waals surface area contributed by atoms with Crippen LogP contribution in [0.5, 0.6) is 5.75 Å². The first-order chi connectivity index (χ1) is 12.0. The van der Waals surface area contributed by atoms with Gasteiger partial charge in [-0.1, -0.05) is 31.2 Å². The number of rotatable bonds is 7. The lowest BCUT2D eigenvalue weighted by molar-refractivity contribution is -0.387. The number of hydrogen-bond donors (Lipinski definition) is 0. The second kappa shape index (κ2) is 8.53.